The van der Waals surface area contributed by atoms with Gasteiger partial charge in [-0.25, -0.2) is 4.79 Å². The van der Waals surface area contributed by atoms with Crippen molar-refractivity contribution in [3.63, 3.8) is 0 Å². The van der Waals surface area contributed by atoms with Crippen molar-refractivity contribution in [2.75, 3.05) is 6.61 Å². The third-order valence-corrected chi connectivity index (χ3v) is 4.76. The van der Waals surface area contributed by atoms with E-state index in [1.807, 2.05) is 6.92 Å². The molecule has 0 aromatic heterocycles. The molecule has 2 bridgehead atoms. The molecule has 3 rings (SSSR count). The van der Waals surface area contributed by atoms with E-state index in [1.54, 1.807) is 18.2 Å². The minimum Gasteiger partial charge on any atom is -0.493 e. The zero-order valence-corrected chi connectivity index (χ0v) is 11.3. The average molecular weight is 260 g/mol. The number of aromatic carboxylic acids is 1. The van der Waals surface area contributed by atoms with Gasteiger partial charge in [0.15, 0.2) is 0 Å². The third kappa shape index (κ3) is 2.46. The maximum atomic E-state index is 10.9. The zero-order valence-electron chi connectivity index (χ0n) is 11.3. The number of fused-ring (bicyclic) bond motifs is 2. The van der Waals surface area contributed by atoms with E-state index in [9.17, 15) is 4.79 Å². The smallest absolute Gasteiger partial charge is 0.335 e. The Morgan fingerprint density at radius 1 is 1.37 bits per heavy atom. The van der Waals surface area contributed by atoms with Crippen LogP contribution in [0, 0.1) is 24.7 Å². The van der Waals surface area contributed by atoms with Gasteiger partial charge in [0.05, 0.1) is 12.2 Å². The molecule has 3 atom stereocenters. The number of carbonyl (C=O) groups is 1. The summed E-state index contributed by atoms with van der Waals surface area (Å²) >= 11 is 0. The second-order valence-electron chi connectivity index (χ2n) is 6.03. The SMILES string of the molecule is Cc1cc(C(=O)O)ccc1OCC1CC2CCC1C2. The summed E-state index contributed by atoms with van der Waals surface area (Å²) in [6, 6.07) is 5.08. The van der Waals surface area contributed by atoms with Gasteiger partial charge in [0.2, 0.25) is 0 Å². The summed E-state index contributed by atoms with van der Waals surface area (Å²) < 4.78 is 5.92. The van der Waals surface area contributed by atoms with Crippen LogP contribution in [0.3, 0.4) is 0 Å². The van der Waals surface area contributed by atoms with Crippen LogP contribution in [0.4, 0.5) is 0 Å². The molecule has 2 aliphatic rings. The molecule has 2 aliphatic carbocycles. The van der Waals surface area contributed by atoms with Crippen LogP contribution in [0.2, 0.25) is 0 Å². The Hall–Kier alpha value is -1.51. The van der Waals surface area contributed by atoms with Crippen molar-refractivity contribution >= 4 is 5.97 Å². The lowest BCUT2D eigenvalue weighted by Crippen LogP contribution is -2.18. The van der Waals surface area contributed by atoms with E-state index in [2.05, 4.69) is 0 Å². The topological polar surface area (TPSA) is 46.5 Å². The van der Waals surface area contributed by atoms with Crippen LogP contribution in [0.1, 0.15) is 41.6 Å². The lowest BCUT2D eigenvalue weighted by molar-refractivity contribution is 0.0696. The van der Waals surface area contributed by atoms with Gasteiger partial charge in [-0.15, -0.1) is 0 Å². The minimum absolute atomic E-state index is 0.324. The Balaban J connectivity index is 1.62. The summed E-state index contributed by atoms with van der Waals surface area (Å²) in [5.74, 6) is 2.45. The van der Waals surface area contributed by atoms with Crippen LogP contribution in [0.25, 0.3) is 0 Å². The Bertz CT molecular complexity index is 495. The monoisotopic (exact) mass is 260 g/mol. The molecule has 3 heteroatoms. The fourth-order valence-electron chi connectivity index (χ4n) is 3.72. The first-order chi connectivity index (χ1) is 9.13. The first-order valence-electron chi connectivity index (χ1n) is 7.10. The highest BCUT2D eigenvalue weighted by molar-refractivity contribution is 5.88. The van der Waals surface area contributed by atoms with Crippen molar-refractivity contribution in [2.45, 2.75) is 32.6 Å². The van der Waals surface area contributed by atoms with Crippen LogP contribution < -0.4 is 4.74 Å². The summed E-state index contributed by atoms with van der Waals surface area (Å²) in [6.07, 6.45) is 5.49. The van der Waals surface area contributed by atoms with E-state index in [4.69, 9.17) is 9.84 Å². The lowest BCUT2D eigenvalue weighted by Gasteiger charge is -2.22. The van der Waals surface area contributed by atoms with Crippen LogP contribution in [-0.4, -0.2) is 17.7 Å². The Kier molecular flexibility index (Phi) is 3.21. The number of ether oxygens (including phenoxy) is 1. The summed E-state index contributed by atoms with van der Waals surface area (Å²) in [5.41, 5.74) is 1.23. The first kappa shape index (κ1) is 12.5. The van der Waals surface area contributed by atoms with Crippen molar-refractivity contribution in [2.24, 2.45) is 17.8 Å². The molecule has 0 radical (unpaired) electrons. The molecule has 102 valence electrons. The summed E-state index contributed by atoms with van der Waals surface area (Å²) in [6.45, 7) is 2.69. The highest BCUT2D eigenvalue weighted by atomic mass is 16.5. The average Bonchev–Trinajstić information content (AvgIpc) is 2.99. The molecule has 3 nitrogen and oxygen atoms in total. The van der Waals surface area contributed by atoms with Gasteiger partial charge in [0, 0.05) is 0 Å². The number of benzene rings is 1. The van der Waals surface area contributed by atoms with Crippen molar-refractivity contribution < 1.29 is 14.6 Å². The highest BCUT2D eigenvalue weighted by Crippen LogP contribution is 2.48. The normalized spacial score (nSPS) is 28.6. The second kappa shape index (κ2) is 4.87. The van der Waals surface area contributed by atoms with Gasteiger partial charge >= 0.3 is 5.97 Å². The molecule has 0 saturated heterocycles. The Morgan fingerprint density at radius 3 is 2.79 bits per heavy atom. The van der Waals surface area contributed by atoms with Crippen LogP contribution >= 0.6 is 0 Å². The third-order valence-electron chi connectivity index (χ3n) is 4.76. The van der Waals surface area contributed by atoms with Gasteiger partial charge in [-0.1, -0.05) is 6.42 Å². The van der Waals surface area contributed by atoms with Crippen molar-refractivity contribution in [3.8, 4) is 5.75 Å². The van der Waals surface area contributed by atoms with E-state index in [0.29, 0.717) is 11.5 Å². The summed E-state index contributed by atoms with van der Waals surface area (Å²) in [4.78, 5) is 10.9. The number of carboxylic acids is 1. The van der Waals surface area contributed by atoms with E-state index in [1.165, 1.54) is 25.7 Å². The van der Waals surface area contributed by atoms with Gasteiger partial charge in [-0.2, -0.15) is 0 Å². The maximum Gasteiger partial charge on any atom is 0.335 e. The van der Waals surface area contributed by atoms with Gasteiger partial charge in [-0.3, -0.25) is 0 Å². The largest absolute Gasteiger partial charge is 0.493 e. The van der Waals surface area contributed by atoms with Crippen molar-refractivity contribution in [1.82, 2.24) is 0 Å². The van der Waals surface area contributed by atoms with Gasteiger partial charge < -0.3 is 9.84 Å². The number of hydrogen-bond donors (Lipinski definition) is 1. The van der Waals surface area contributed by atoms with Gasteiger partial charge in [-0.05, 0) is 67.7 Å². The fourth-order valence-corrected chi connectivity index (χ4v) is 3.72. The van der Waals surface area contributed by atoms with E-state index in [-0.39, 0.29) is 0 Å². The molecule has 1 N–H and O–H groups in total. The van der Waals surface area contributed by atoms with Crippen molar-refractivity contribution in [1.29, 1.82) is 0 Å². The van der Waals surface area contributed by atoms with Crippen molar-refractivity contribution in [3.05, 3.63) is 29.3 Å². The molecular formula is C16H20O3. The number of rotatable bonds is 4. The predicted molar refractivity (Wildman–Crippen MR) is 72.6 cm³/mol. The van der Waals surface area contributed by atoms with Gasteiger partial charge in [0.25, 0.3) is 0 Å². The molecular weight excluding hydrogens is 240 g/mol. The number of aryl methyl sites for hydroxylation is 1. The van der Waals surface area contributed by atoms with Crippen LogP contribution in [0.15, 0.2) is 18.2 Å². The molecule has 0 spiro atoms. The van der Waals surface area contributed by atoms with Gasteiger partial charge in [0.1, 0.15) is 5.75 Å². The van der Waals surface area contributed by atoms with E-state index < -0.39 is 5.97 Å². The van der Waals surface area contributed by atoms with E-state index in [0.717, 1.165) is 29.8 Å². The first-order valence-corrected chi connectivity index (χ1v) is 7.10. The van der Waals surface area contributed by atoms with Crippen LogP contribution in [-0.2, 0) is 0 Å². The fraction of sp³-hybridized carbons (Fsp3) is 0.562. The van der Waals surface area contributed by atoms with E-state index >= 15 is 0 Å². The Morgan fingerprint density at radius 2 is 2.21 bits per heavy atom. The standard InChI is InChI=1S/C16H20O3/c1-10-6-13(16(17)18)4-5-15(10)19-9-14-8-11-2-3-12(14)7-11/h4-6,11-12,14H,2-3,7-9H2,1H3,(H,17,18). The quantitative estimate of drug-likeness (QED) is 0.901. The molecule has 2 fully saturated rings. The molecule has 2 saturated carbocycles. The molecule has 19 heavy (non-hydrogen) atoms. The number of carboxylic acid groups (broad SMARTS) is 1. The second-order valence-corrected chi connectivity index (χ2v) is 6.03. The summed E-state index contributed by atoms with van der Waals surface area (Å²) in [5, 5.41) is 8.93. The summed E-state index contributed by atoms with van der Waals surface area (Å²) in [7, 11) is 0. The predicted octanol–water partition coefficient (Wildman–Crippen LogP) is 3.51. The minimum atomic E-state index is -0.886. The maximum absolute atomic E-state index is 10.9. The number of hydrogen-bond acceptors (Lipinski definition) is 2. The highest BCUT2D eigenvalue weighted by Gasteiger charge is 2.39. The zero-order chi connectivity index (χ0) is 13.4. The molecule has 0 amide bonds. The molecule has 1 aromatic carbocycles. The molecule has 0 aliphatic heterocycles. The molecule has 3 unspecified atom stereocenters. The molecule has 1 aromatic rings. The lowest BCUT2D eigenvalue weighted by atomic mass is 9.89. The molecule has 0 heterocycles. The Labute approximate surface area is 113 Å². The van der Waals surface area contributed by atoms with Crippen LogP contribution in [0.5, 0.6) is 5.75 Å².